The first-order valence-corrected chi connectivity index (χ1v) is 6.70. The zero-order valence-corrected chi connectivity index (χ0v) is 11.5. The number of aliphatic carboxylic acids is 1. The molecule has 0 aromatic rings. The van der Waals surface area contributed by atoms with E-state index in [1.54, 1.807) is 0 Å². The number of nitrogens with zero attached hydrogens (tertiary/aromatic N) is 2. The Hall–Kier alpha value is -1.58. The van der Waals surface area contributed by atoms with E-state index in [4.69, 9.17) is 9.92 Å². The fourth-order valence-electron chi connectivity index (χ4n) is 2.48. The Bertz CT molecular complexity index is 490. The number of amides is 1. The summed E-state index contributed by atoms with van der Waals surface area (Å²) in [5.41, 5.74) is 4.98. The van der Waals surface area contributed by atoms with Crippen LogP contribution < -0.4 is 5.73 Å². The van der Waals surface area contributed by atoms with Gasteiger partial charge in [0.05, 0.1) is 24.4 Å². The smallest absolute Gasteiger partial charge is 0.353 e. The first kappa shape index (κ1) is 14.8. The van der Waals surface area contributed by atoms with Crippen LogP contribution in [0, 0.1) is 5.92 Å². The number of carbonyl (C=O) groups is 2. The fraction of sp³-hybridized carbons (Fsp3) is 0.545. The van der Waals surface area contributed by atoms with E-state index in [1.165, 1.54) is 11.8 Å². The maximum atomic E-state index is 11.9. The lowest BCUT2D eigenvalue weighted by atomic mass is 9.83. The van der Waals surface area contributed by atoms with E-state index < -0.39 is 18.0 Å². The molecular weight excluding hydrogens is 286 g/mol. The van der Waals surface area contributed by atoms with Crippen LogP contribution in [0.15, 0.2) is 15.6 Å². The number of rotatable bonds is 6. The lowest BCUT2D eigenvalue weighted by Gasteiger charge is -2.44. The number of carbonyl (C=O) groups excluding carboxylic acids is 1. The predicted molar refractivity (Wildman–Crippen MR) is 71.3 cm³/mol. The molecule has 0 unspecified atom stereocenters. The number of hydrogen-bond donors (Lipinski definition) is 3. The minimum atomic E-state index is -1.18. The van der Waals surface area contributed by atoms with Crippen LogP contribution in [0.2, 0.25) is 0 Å². The molecule has 1 fully saturated rings. The van der Waals surface area contributed by atoms with Crippen molar-refractivity contribution < 1.29 is 24.0 Å². The van der Waals surface area contributed by atoms with Crippen molar-refractivity contribution in [2.24, 2.45) is 16.6 Å². The fourth-order valence-corrected chi connectivity index (χ4v) is 3.24. The summed E-state index contributed by atoms with van der Waals surface area (Å²) in [5.74, 6) is -2.10. The molecule has 2 aliphatic rings. The van der Waals surface area contributed by atoms with Crippen LogP contribution >= 0.6 is 12.0 Å². The normalized spacial score (nSPS) is 26.9. The number of aliphatic hydroxyl groups is 1. The number of nitrogens with two attached hydrogens (primary N) is 1. The Kier molecular flexibility index (Phi) is 4.31. The minimum Gasteiger partial charge on any atom is -0.477 e. The third-order valence-electron chi connectivity index (χ3n) is 3.28. The van der Waals surface area contributed by atoms with Gasteiger partial charge in [-0.1, -0.05) is 0 Å². The number of aliphatic hydroxyl groups excluding tert-OH is 1. The molecule has 2 aliphatic heterocycles. The van der Waals surface area contributed by atoms with Gasteiger partial charge in [-0.2, -0.15) is 0 Å². The number of carboxylic acids is 1. The quantitative estimate of drug-likeness (QED) is 0.198. The summed E-state index contributed by atoms with van der Waals surface area (Å²) in [6, 6.07) is -0.308. The number of fused-ring (bicyclic) bond motifs is 1. The van der Waals surface area contributed by atoms with Gasteiger partial charge in [0.1, 0.15) is 5.70 Å². The molecule has 9 heteroatoms. The highest BCUT2D eigenvalue weighted by atomic mass is 32.2. The van der Waals surface area contributed by atoms with Gasteiger partial charge in [-0.05, 0) is 6.92 Å². The summed E-state index contributed by atoms with van der Waals surface area (Å²) in [6.45, 7) is 1.52. The van der Waals surface area contributed by atoms with Crippen molar-refractivity contribution in [3.05, 3.63) is 10.6 Å². The summed E-state index contributed by atoms with van der Waals surface area (Å²) in [5, 5.41) is 18.8. The van der Waals surface area contributed by atoms with Crippen LogP contribution in [0.4, 0.5) is 0 Å². The summed E-state index contributed by atoms with van der Waals surface area (Å²) in [7, 11) is 0. The molecule has 0 bridgehead atoms. The molecule has 0 aromatic heterocycles. The molecule has 8 nitrogen and oxygen atoms in total. The monoisotopic (exact) mass is 301 g/mol. The van der Waals surface area contributed by atoms with Gasteiger partial charge in [0, 0.05) is 23.4 Å². The number of carboxylic acid groups (broad SMARTS) is 1. The van der Waals surface area contributed by atoms with Crippen LogP contribution in [-0.2, 0) is 13.8 Å². The molecular formula is C11H15N3O5S. The average molecular weight is 301 g/mol. The molecule has 20 heavy (non-hydrogen) atoms. The minimum absolute atomic E-state index is 0.00396. The Morgan fingerprint density at radius 2 is 2.45 bits per heavy atom. The van der Waals surface area contributed by atoms with Gasteiger partial charge in [-0.25, -0.2) is 9.79 Å². The van der Waals surface area contributed by atoms with Gasteiger partial charge >= 0.3 is 5.97 Å². The number of hydrogen-bond acceptors (Lipinski definition) is 6. The maximum Gasteiger partial charge on any atom is 0.353 e. The first-order valence-electron chi connectivity index (χ1n) is 5.96. The summed E-state index contributed by atoms with van der Waals surface area (Å²) in [6.07, 6.45) is 0.646. The van der Waals surface area contributed by atoms with Crippen molar-refractivity contribution >= 4 is 30.3 Å². The van der Waals surface area contributed by atoms with Gasteiger partial charge in [0.15, 0.2) is 6.73 Å². The standard InChI is InChI=1S/C11H15N3O5S/c1-5(15)8-6-2-7(20-19-4-13-3-12)9(11(17)18)14(6)10(8)16/h3,5-6,8,15H,2,4H2,1H3,(H2,12,13)(H,17,18)/t5-,6-,8-/m1/s1. The van der Waals surface area contributed by atoms with E-state index in [-0.39, 0.29) is 24.4 Å². The highest BCUT2D eigenvalue weighted by molar-refractivity contribution is 7.98. The molecule has 0 spiro atoms. The van der Waals surface area contributed by atoms with E-state index in [2.05, 4.69) is 4.99 Å². The summed E-state index contributed by atoms with van der Waals surface area (Å²) < 4.78 is 5.11. The highest BCUT2D eigenvalue weighted by Crippen LogP contribution is 2.47. The summed E-state index contributed by atoms with van der Waals surface area (Å²) in [4.78, 5) is 28.5. The molecule has 2 heterocycles. The third-order valence-corrected chi connectivity index (χ3v) is 4.07. The lowest BCUT2D eigenvalue weighted by Crippen LogP contribution is -2.61. The molecule has 0 saturated carbocycles. The van der Waals surface area contributed by atoms with Crippen molar-refractivity contribution in [1.82, 2.24) is 4.90 Å². The molecule has 0 radical (unpaired) electrons. The Labute approximate surface area is 119 Å². The van der Waals surface area contributed by atoms with Crippen molar-refractivity contribution in [3.63, 3.8) is 0 Å². The van der Waals surface area contributed by atoms with Crippen LogP contribution in [-0.4, -0.2) is 52.2 Å². The van der Waals surface area contributed by atoms with Gasteiger partial charge in [0.25, 0.3) is 0 Å². The van der Waals surface area contributed by atoms with E-state index in [1.807, 2.05) is 0 Å². The van der Waals surface area contributed by atoms with E-state index >= 15 is 0 Å². The van der Waals surface area contributed by atoms with Crippen LogP contribution in [0.1, 0.15) is 13.3 Å². The molecule has 3 atom stereocenters. The molecule has 110 valence electrons. The van der Waals surface area contributed by atoms with Crippen molar-refractivity contribution in [1.29, 1.82) is 0 Å². The first-order chi connectivity index (χ1) is 9.49. The molecule has 0 aliphatic carbocycles. The zero-order valence-electron chi connectivity index (χ0n) is 10.7. The zero-order chi connectivity index (χ0) is 14.9. The maximum absolute atomic E-state index is 11.9. The molecule has 0 aromatic carbocycles. The van der Waals surface area contributed by atoms with Crippen molar-refractivity contribution in [2.75, 3.05) is 6.73 Å². The molecule has 2 rings (SSSR count). The summed E-state index contributed by atoms with van der Waals surface area (Å²) >= 11 is 0.878. The number of β-lactam (4-membered cyclic amide) rings is 1. The van der Waals surface area contributed by atoms with Gasteiger partial charge in [-0.3, -0.25) is 8.98 Å². The Balaban J connectivity index is 2.11. The van der Waals surface area contributed by atoms with Gasteiger partial charge < -0.3 is 20.8 Å². The topological polar surface area (TPSA) is 125 Å². The van der Waals surface area contributed by atoms with Crippen LogP contribution in [0.25, 0.3) is 0 Å². The van der Waals surface area contributed by atoms with Gasteiger partial charge in [0.2, 0.25) is 5.91 Å². The lowest BCUT2D eigenvalue weighted by molar-refractivity contribution is -0.161. The van der Waals surface area contributed by atoms with E-state index in [0.717, 1.165) is 18.4 Å². The predicted octanol–water partition coefficient (Wildman–Crippen LogP) is -0.497. The second-order valence-corrected chi connectivity index (χ2v) is 5.38. The van der Waals surface area contributed by atoms with E-state index in [9.17, 15) is 19.8 Å². The van der Waals surface area contributed by atoms with Crippen molar-refractivity contribution in [2.45, 2.75) is 25.5 Å². The molecule has 1 amide bonds. The third kappa shape index (κ3) is 2.39. The van der Waals surface area contributed by atoms with E-state index in [0.29, 0.717) is 11.3 Å². The Morgan fingerprint density at radius 3 is 3.00 bits per heavy atom. The van der Waals surface area contributed by atoms with Crippen LogP contribution in [0.3, 0.4) is 0 Å². The molecule has 1 saturated heterocycles. The van der Waals surface area contributed by atoms with Crippen molar-refractivity contribution in [3.8, 4) is 0 Å². The Morgan fingerprint density at radius 1 is 1.75 bits per heavy atom. The second kappa shape index (κ2) is 5.81. The largest absolute Gasteiger partial charge is 0.477 e. The number of aliphatic imine (C=N–C) groups is 1. The van der Waals surface area contributed by atoms with Crippen LogP contribution in [0.5, 0.6) is 0 Å². The SMILES string of the molecule is C[C@@H](O)[C@H]1C(=O)N2C(C(=O)O)=C(SOC/N=C/N)C[C@H]12. The highest BCUT2D eigenvalue weighted by Gasteiger charge is 2.56. The molecule has 4 N–H and O–H groups in total. The average Bonchev–Trinajstić information content (AvgIpc) is 2.69. The van der Waals surface area contributed by atoms with Gasteiger partial charge in [-0.15, -0.1) is 0 Å². The second-order valence-electron chi connectivity index (χ2n) is 4.48.